The predicted molar refractivity (Wildman–Crippen MR) is 294 cm³/mol. The average Bonchev–Trinajstić information content (AvgIpc) is 3.51. The number of aromatic hydroxyl groups is 1. The Morgan fingerprint density at radius 2 is 0.756 bits per heavy atom. The Bertz CT molecular complexity index is 3450. The van der Waals surface area contributed by atoms with Crippen molar-refractivity contribution in [2.75, 3.05) is 4.90 Å². The number of Topliss-reactive ketones (excluding diaryl/α,β-unsaturated/α-hetero) is 1. The minimum Gasteiger partial charge on any atom is -0.506 e. The molecule has 0 aliphatic heterocycles. The summed E-state index contributed by atoms with van der Waals surface area (Å²) < 4.78 is 71.1. The number of carbonyl (C=O) groups is 1. The number of nitrogens with zero attached hydrogens (tertiary/aromatic N) is 3. The van der Waals surface area contributed by atoms with E-state index >= 15 is 0 Å². The van der Waals surface area contributed by atoms with Crippen LogP contribution in [0.2, 0.25) is 0 Å². The summed E-state index contributed by atoms with van der Waals surface area (Å²) >= 11 is 0. The number of fused-ring (bicyclic) bond motifs is 1. The van der Waals surface area contributed by atoms with E-state index in [9.17, 15) is 57.2 Å². The number of anilines is 3. The Hall–Kier alpha value is -7.91. The number of rotatable bonds is 12. The number of benzene rings is 9. The normalized spacial score (nSPS) is 11.1. The topological polar surface area (TPSA) is 191 Å². The molecule has 0 atom stereocenters. The summed E-state index contributed by atoms with van der Waals surface area (Å²) in [7, 11) is -5.55. The quantitative estimate of drug-likeness (QED) is 0.0402. The monoisotopic (exact) mass is 1220 g/mol. The van der Waals surface area contributed by atoms with Crippen molar-refractivity contribution in [2.24, 2.45) is 0 Å². The molecule has 0 bridgehead atoms. The summed E-state index contributed by atoms with van der Waals surface area (Å²) in [6.07, 6.45) is -5.43. The molecule has 0 amide bonds. The van der Waals surface area contributed by atoms with E-state index < -0.39 is 53.0 Å². The van der Waals surface area contributed by atoms with Gasteiger partial charge in [-0.05, 0) is 36.4 Å². The first kappa shape index (κ1) is 57.8. The molecule has 19 heteroatoms. The molecule has 0 aliphatic rings. The maximum absolute atomic E-state index is 13.8. The van der Waals surface area contributed by atoms with Crippen LogP contribution in [0.15, 0.2) is 258 Å². The van der Waals surface area contributed by atoms with Crippen LogP contribution in [0.25, 0.3) is 11.0 Å². The number of carbonyl (C=O) groups excluding carboxylic acids is 1. The molecule has 13 nitrogen and oxygen atoms in total. The SMILES string of the molecule is O=C(c1c(O)c2ccc(N(c3ccc([N+](=O)[O-])cc3)c3ccc([N+](=O)[O-])cc3)cc2oc1=O)C(F)(F)F.O=P(c1ccccc1)(c1ccccc1)c1ccccc1.O=P(c1ccccc1)(c1ccccc1)c1ccccc1.[Eu]. The van der Waals surface area contributed by atoms with Crippen molar-refractivity contribution in [1.29, 1.82) is 0 Å². The molecule has 0 aliphatic carbocycles. The zero-order valence-corrected chi connectivity index (χ0v) is 44.8. The van der Waals surface area contributed by atoms with E-state index in [-0.39, 0.29) is 77.4 Å². The zero-order valence-electron chi connectivity index (χ0n) is 40.5. The zero-order chi connectivity index (χ0) is 54.7. The predicted octanol–water partition coefficient (Wildman–Crippen LogP) is 12.2. The molecule has 0 saturated carbocycles. The van der Waals surface area contributed by atoms with E-state index in [2.05, 4.69) is 0 Å². The molecule has 1 radical (unpaired) electrons. The number of nitro groups is 2. The Kier molecular flexibility index (Phi) is 18.9. The van der Waals surface area contributed by atoms with Crippen molar-refractivity contribution < 1.29 is 95.8 Å². The molecule has 0 fully saturated rings. The number of alkyl halides is 3. The van der Waals surface area contributed by atoms with E-state index in [4.69, 9.17) is 4.42 Å². The van der Waals surface area contributed by atoms with Crippen molar-refractivity contribution in [3.8, 4) is 5.75 Å². The molecule has 0 spiro atoms. The summed E-state index contributed by atoms with van der Waals surface area (Å²) in [6.45, 7) is 0. The summed E-state index contributed by atoms with van der Waals surface area (Å²) in [5.41, 5.74) is -3.21. The Morgan fingerprint density at radius 3 is 1.03 bits per heavy atom. The molecule has 1 heterocycles. The third kappa shape index (κ3) is 12.7. The van der Waals surface area contributed by atoms with Gasteiger partial charge in [0.05, 0.1) is 15.2 Å². The average molecular weight is 1220 g/mol. The van der Waals surface area contributed by atoms with Crippen LogP contribution >= 0.6 is 14.3 Å². The van der Waals surface area contributed by atoms with Crippen LogP contribution in [0.5, 0.6) is 5.75 Å². The Labute approximate surface area is 484 Å². The van der Waals surface area contributed by atoms with Gasteiger partial charge in [0.15, 0.2) is 19.8 Å². The van der Waals surface area contributed by atoms with Crippen molar-refractivity contribution >= 4 is 91.3 Å². The molecule has 0 saturated heterocycles. The van der Waals surface area contributed by atoms with Crippen LogP contribution in [0, 0.1) is 69.6 Å². The maximum Gasteiger partial charge on any atom is 0.455 e. The smallest absolute Gasteiger partial charge is 0.455 e. The van der Waals surface area contributed by atoms with Crippen LogP contribution in [0.1, 0.15) is 10.4 Å². The van der Waals surface area contributed by atoms with Gasteiger partial charge < -0.3 is 23.6 Å². The first-order chi connectivity index (χ1) is 37.0. The van der Waals surface area contributed by atoms with E-state index in [1.54, 1.807) is 0 Å². The number of ketones is 1. The second-order valence-corrected chi connectivity index (χ2v) is 22.3. The second kappa shape index (κ2) is 25.5. The molecule has 391 valence electrons. The van der Waals surface area contributed by atoms with Crippen molar-refractivity contribution in [1.82, 2.24) is 0 Å². The van der Waals surface area contributed by atoms with Gasteiger partial charge in [0, 0.05) is 129 Å². The largest absolute Gasteiger partial charge is 0.506 e. The summed E-state index contributed by atoms with van der Waals surface area (Å²) in [6, 6.07) is 72.2. The van der Waals surface area contributed by atoms with Gasteiger partial charge in [-0.15, -0.1) is 0 Å². The molecule has 9 aromatic carbocycles. The number of nitro benzene ring substituents is 2. The number of halogens is 3. The van der Waals surface area contributed by atoms with Crippen molar-refractivity contribution in [3.05, 3.63) is 285 Å². The maximum atomic E-state index is 13.8. The second-order valence-electron chi connectivity index (χ2n) is 16.7. The molecular formula is C59H42EuF3N3O10P2. The summed E-state index contributed by atoms with van der Waals surface area (Å²) in [4.78, 5) is 46.1. The van der Waals surface area contributed by atoms with E-state index in [1.807, 2.05) is 182 Å². The van der Waals surface area contributed by atoms with Crippen LogP contribution in [-0.4, -0.2) is 26.9 Å². The minimum atomic E-state index is -5.43. The fraction of sp³-hybridized carbons (Fsp3) is 0.0169. The van der Waals surface area contributed by atoms with Gasteiger partial charge in [-0.25, -0.2) is 4.79 Å². The minimum absolute atomic E-state index is 0. The van der Waals surface area contributed by atoms with Gasteiger partial charge in [-0.1, -0.05) is 182 Å². The van der Waals surface area contributed by atoms with Crippen LogP contribution in [-0.2, 0) is 9.13 Å². The molecule has 0 unspecified atom stereocenters. The van der Waals surface area contributed by atoms with Gasteiger partial charge in [0.2, 0.25) is 0 Å². The van der Waals surface area contributed by atoms with Crippen molar-refractivity contribution in [2.45, 2.75) is 6.18 Å². The molecule has 78 heavy (non-hydrogen) atoms. The van der Waals surface area contributed by atoms with Crippen LogP contribution in [0.3, 0.4) is 0 Å². The fourth-order valence-corrected chi connectivity index (χ4v) is 13.6. The molecule has 1 N–H and O–H groups in total. The van der Waals surface area contributed by atoms with Gasteiger partial charge in [0.25, 0.3) is 17.2 Å². The van der Waals surface area contributed by atoms with E-state index in [0.29, 0.717) is 11.4 Å². The number of non-ortho nitro benzene ring substituents is 2. The van der Waals surface area contributed by atoms with Crippen LogP contribution in [0.4, 0.5) is 41.6 Å². The molecular weight excluding hydrogens is 1180 g/mol. The van der Waals surface area contributed by atoms with Crippen LogP contribution < -0.4 is 42.4 Å². The van der Waals surface area contributed by atoms with Crippen molar-refractivity contribution in [3.63, 3.8) is 0 Å². The van der Waals surface area contributed by atoms with Gasteiger partial charge >= 0.3 is 11.8 Å². The first-order valence-electron chi connectivity index (χ1n) is 23.3. The summed E-state index contributed by atoms with van der Waals surface area (Å²) in [5, 5.41) is 37.2. The Morgan fingerprint density at radius 1 is 0.474 bits per heavy atom. The molecule has 10 rings (SSSR count). The summed E-state index contributed by atoms with van der Waals surface area (Å²) in [5.74, 6) is -3.78. The fourth-order valence-electron chi connectivity index (χ4n) is 8.27. The number of hydrogen-bond donors (Lipinski definition) is 1. The third-order valence-electron chi connectivity index (χ3n) is 12.0. The molecule has 10 aromatic rings. The standard InChI is InChI=1S/C23H12F3N3O8.2C18H15OP.Eu/c24-23(25,26)21(31)19-20(30)17-10-9-16(11-18(17)37-22(19)32)27(12-1-5-14(6-2-12)28(33)34)13-3-7-15(8-4-13)29(35)36;2*19-20(16-10-4-1-5-11-16,17-12-6-2-7-13-17)18-14-8-3-9-15-18;/h1-11,30H;2*1-15H;. The third-order valence-corrected chi connectivity index (χ3v) is 18.1. The number of hydrogen-bond acceptors (Lipinski definition) is 11. The van der Waals surface area contributed by atoms with Gasteiger partial charge in [-0.2, -0.15) is 13.2 Å². The van der Waals surface area contributed by atoms with E-state index in [1.165, 1.54) is 65.6 Å². The van der Waals surface area contributed by atoms with Gasteiger partial charge in [-0.3, -0.25) is 25.0 Å². The first-order valence-corrected chi connectivity index (χ1v) is 26.7. The van der Waals surface area contributed by atoms with Gasteiger partial charge in [0.1, 0.15) is 11.3 Å². The Balaban J connectivity index is 0.000000182. The van der Waals surface area contributed by atoms with E-state index in [0.717, 1.165) is 37.9 Å². The molecule has 1 aromatic heterocycles.